The second-order valence-electron chi connectivity index (χ2n) is 13.0. The Balaban J connectivity index is 2.44. The second kappa shape index (κ2) is 32.8. The van der Waals surface area contributed by atoms with Crippen LogP contribution in [0, 0.1) is 0 Å². The third-order valence-electron chi connectivity index (χ3n) is 8.37. The first-order valence-electron chi connectivity index (χ1n) is 19.5. The van der Waals surface area contributed by atoms with Gasteiger partial charge in [-0.1, -0.05) is 132 Å². The molecule has 0 aromatic carbocycles. The molecule has 52 heavy (non-hydrogen) atoms. The number of hydrogen-bond donors (Lipinski definition) is 4. The van der Waals surface area contributed by atoms with Crippen molar-refractivity contribution in [2.45, 2.75) is 160 Å². The number of ether oxygens (including phenoxy) is 4. The fourth-order valence-electron chi connectivity index (χ4n) is 5.27. The van der Waals surface area contributed by atoms with Crippen LogP contribution in [0.5, 0.6) is 0 Å². The van der Waals surface area contributed by atoms with E-state index in [2.05, 4.69) is 74.6 Å². The zero-order valence-electron chi connectivity index (χ0n) is 31.8. The van der Waals surface area contributed by atoms with Crippen LogP contribution in [-0.4, -0.2) is 89.0 Å². The molecule has 0 radical (unpaired) electrons. The predicted molar refractivity (Wildman–Crippen MR) is 205 cm³/mol. The summed E-state index contributed by atoms with van der Waals surface area (Å²) in [5, 5.41) is 39.9. The molecular weight excluding hydrogens is 664 g/mol. The van der Waals surface area contributed by atoms with E-state index in [0.717, 1.165) is 57.8 Å². The molecule has 10 nitrogen and oxygen atoms in total. The third kappa shape index (κ3) is 24.4. The Hall–Kier alpha value is -2.86. The van der Waals surface area contributed by atoms with Crippen molar-refractivity contribution in [3.8, 4) is 0 Å². The van der Waals surface area contributed by atoms with Gasteiger partial charge >= 0.3 is 11.9 Å². The van der Waals surface area contributed by atoms with Crippen molar-refractivity contribution in [1.82, 2.24) is 0 Å². The highest BCUT2D eigenvalue weighted by Crippen LogP contribution is 2.22. The molecule has 0 amide bonds. The van der Waals surface area contributed by atoms with Gasteiger partial charge in [0.15, 0.2) is 12.4 Å². The van der Waals surface area contributed by atoms with E-state index in [4.69, 9.17) is 18.9 Å². The Labute approximate surface area is 313 Å². The van der Waals surface area contributed by atoms with Gasteiger partial charge in [-0.05, 0) is 51.4 Å². The number of carbonyl (C=O) groups excluding carboxylic acids is 2. The number of unbranched alkanes of at least 4 members (excludes halogenated alkanes) is 7. The van der Waals surface area contributed by atoms with Crippen molar-refractivity contribution in [2.75, 3.05) is 19.8 Å². The van der Waals surface area contributed by atoms with Crippen LogP contribution in [0.1, 0.15) is 123 Å². The van der Waals surface area contributed by atoms with Crippen LogP contribution >= 0.6 is 0 Å². The first-order valence-corrected chi connectivity index (χ1v) is 19.5. The number of carbonyl (C=O) groups is 2. The molecule has 4 N–H and O–H groups in total. The quantitative estimate of drug-likeness (QED) is 0.0337. The highest BCUT2D eigenvalue weighted by molar-refractivity contribution is 5.70. The molecular formula is C42H68O10. The highest BCUT2D eigenvalue weighted by atomic mass is 16.7. The minimum Gasteiger partial charge on any atom is -0.462 e. The highest BCUT2D eigenvalue weighted by Gasteiger charge is 2.44. The number of esters is 2. The average molecular weight is 733 g/mol. The molecule has 1 aliphatic heterocycles. The maximum atomic E-state index is 12.7. The summed E-state index contributed by atoms with van der Waals surface area (Å²) in [4.78, 5) is 25.1. The van der Waals surface area contributed by atoms with Gasteiger partial charge in [-0.15, -0.1) is 0 Å². The van der Waals surface area contributed by atoms with E-state index in [1.165, 1.54) is 25.7 Å². The Morgan fingerprint density at radius 1 is 0.615 bits per heavy atom. The summed E-state index contributed by atoms with van der Waals surface area (Å²) in [5.41, 5.74) is 0. The van der Waals surface area contributed by atoms with Crippen molar-refractivity contribution in [2.24, 2.45) is 0 Å². The van der Waals surface area contributed by atoms with Crippen molar-refractivity contribution >= 4 is 11.9 Å². The lowest BCUT2D eigenvalue weighted by atomic mass is 9.99. The summed E-state index contributed by atoms with van der Waals surface area (Å²) >= 11 is 0. The zero-order valence-corrected chi connectivity index (χ0v) is 31.8. The molecule has 1 heterocycles. The van der Waals surface area contributed by atoms with E-state index in [1.54, 1.807) is 0 Å². The van der Waals surface area contributed by atoms with Gasteiger partial charge in [0.25, 0.3) is 0 Å². The van der Waals surface area contributed by atoms with Crippen LogP contribution in [0.15, 0.2) is 72.9 Å². The van der Waals surface area contributed by atoms with Crippen molar-refractivity contribution in [3.63, 3.8) is 0 Å². The summed E-state index contributed by atoms with van der Waals surface area (Å²) in [6.07, 6.45) is 32.3. The standard InChI is InChI=1S/C42H68O10/c1-3-5-7-9-11-13-14-15-16-17-18-19-20-21-22-23-25-27-29-31-38(45)51-35(33-49-37(44)30-28-26-24-12-10-8-6-4-2)34-50-42-41(48)40(47)39(46)36(32-43)52-42/h5,7,11,13,15-16,18-19,21-22,25,27,35-36,39-43,46-48H,3-4,6,8-10,12,14,17,20,23-24,26,28-34H2,1-2H3/b7-5+,13-11+,16-15+,19-18+,22-21+,27-25+/t35-,36-,39+,40?,41?,42-/m1/s1. The van der Waals surface area contributed by atoms with Crippen LogP contribution in [0.2, 0.25) is 0 Å². The Morgan fingerprint density at radius 3 is 1.67 bits per heavy atom. The lowest BCUT2D eigenvalue weighted by Gasteiger charge is -2.39. The Bertz CT molecular complexity index is 1080. The molecule has 1 rings (SSSR count). The van der Waals surface area contributed by atoms with Gasteiger partial charge in [0.1, 0.15) is 31.0 Å². The van der Waals surface area contributed by atoms with Crippen LogP contribution in [-0.2, 0) is 28.5 Å². The lowest BCUT2D eigenvalue weighted by Crippen LogP contribution is -2.59. The molecule has 1 saturated heterocycles. The van der Waals surface area contributed by atoms with Crippen LogP contribution in [0.25, 0.3) is 0 Å². The number of rotatable bonds is 30. The summed E-state index contributed by atoms with van der Waals surface area (Å²) in [5.74, 6) is -0.918. The lowest BCUT2D eigenvalue weighted by molar-refractivity contribution is -0.305. The molecule has 0 bridgehead atoms. The van der Waals surface area contributed by atoms with E-state index in [0.29, 0.717) is 12.8 Å². The van der Waals surface area contributed by atoms with Crippen LogP contribution in [0.4, 0.5) is 0 Å². The second-order valence-corrected chi connectivity index (χ2v) is 13.0. The molecule has 10 heteroatoms. The van der Waals surface area contributed by atoms with Gasteiger partial charge in [0.2, 0.25) is 0 Å². The van der Waals surface area contributed by atoms with Gasteiger partial charge in [-0.3, -0.25) is 9.59 Å². The SMILES string of the molecule is CC/C=C/C/C=C/C/C=C/C/C=C/C/C=C/C/C=C/CCC(=O)O[C@H](COC(=O)CCCCCCCCCC)CO[C@@H]1O[C@H](CO)[C@H](O)C(O)C1O. The van der Waals surface area contributed by atoms with Gasteiger partial charge in [-0.2, -0.15) is 0 Å². The van der Waals surface area contributed by atoms with Gasteiger partial charge < -0.3 is 39.4 Å². The van der Waals surface area contributed by atoms with Gasteiger partial charge in [0.05, 0.1) is 13.2 Å². The first-order chi connectivity index (χ1) is 25.3. The third-order valence-corrected chi connectivity index (χ3v) is 8.37. The summed E-state index contributed by atoms with van der Waals surface area (Å²) < 4.78 is 21.9. The molecule has 296 valence electrons. The van der Waals surface area contributed by atoms with Gasteiger partial charge in [0, 0.05) is 12.8 Å². The number of hydrogen-bond acceptors (Lipinski definition) is 10. The average Bonchev–Trinajstić information content (AvgIpc) is 3.14. The van der Waals surface area contributed by atoms with E-state index < -0.39 is 55.4 Å². The zero-order chi connectivity index (χ0) is 38.1. The fourth-order valence-corrected chi connectivity index (χ4v) is 5.27. The number of aliphatic hydroxyl groups excluding tert-OH is 4. The smallest absolute Gasteiger partial charge is 0.306 e. The summed E-state index contributed by atoms with van der Waals surface area (Å²) in [6.45, 7) is 3.16. The van der Waals surface area contributed by atoms with Crippen molar-refractivity contribution < 1.29 is 49.0 Å². The summed E-state index contributed by atoms with van der Waals surface area (Å²) in [7, 11) is 0. The Kier molecular flexibility index (Phi) is 29.7. The fraction of sp³-hybridized carbons (Fsp3) is 0.667. The molecule has 1 fully saturated rings. The maximum absolute atomic E-state index is 12.7. The monoisotopic (exact) mass is 732 g/mol. The minimum absolute atomic E-state index is 0.102. The number of aliphatic hydroxyl groups is 4. The molecule has 0 saturated carbocycles. The van der Waals surface area contributed by atoms with Gasteiger partial charge in [-0.25, -0.2) is 0 Å². The number of allylic oxidation sites excluding steroid dienone is 12. The van der Waals surface area contributed by atoms with Crippen LogP contribution in [0.3, 0.4) is 0 Å². The predicted octanol–water partition coefficient (Wildman–Crippen LogP) is 7.27. The molecule has 0 aliphatic carbocycles. The molecule has 6 atom stereocenters. The summed E-state index contributed by atoms with van der Waals surface area (Å²) in [6, 6.07) is 0. The largest absolute Gasteiger partial charge is 0.462 e. The molecule has 0 spiro atoms. The minimum atomic E-state index is -1.61. The topological polar surface area (TPSA) is 152 Å². The first kappa shape index (κ1) is 47.2. The maximum Gasteiger partial charge on any atom is 0.306 e. The van der Waals surface area contributed by atoms with E-state index in [-0.39, 0.29) is 26.1 Å². The molecule has 0 aromatic rings. The van der Waals surface area contributed by atoms with E-state index in [1.807, 2.05) is 12.2 Å². The Morgan fingerprint density at radius 2 is 1.13 bits per heavy atom. The van der Waals surface area contributed by atoms with Crippen molar-refractivity contribution in [1.29, 1.82) is 0 Å². The van der Waals surface area contributed by atoms with Crippen molar-refractivity contribution in [3.05, 3.63) is 72.9 Å². The van der Waals surface area contributed by atoms with Crippen LogP contribution < -0.4 is 0 Å². The molecule has 1 aliphatic rings. The normalized spacial score (nSPS) is 21.8. The molecule has 2 unspecified atom stereocenters. The van der Waals surface area contributed by atoms with E-state index in [9.17, 15) is 30.0 Å². The molecule has 0 aromatic heterocycles. The van der Waals surface area contributed by atoms with E-state index >= 15 is 0 Å².